The van der Waals surface area contributed by atoms with Crippen LogP contribution in [-0.2, 0) is 38.6 Å². The van der Waals surface area contributed by atoms with E-state index in [0.29, 0.717) is 29.2 Å². The molecule has 9 nitrogen and oxygen atoms in total. The lowest BCUT2D eigenvalue weighted by Gasteiger charge is -2.17. The number of hydrogen-bond acceptors (Lipinski definition) is 11. The van der Waals surface area contributed by atoms with Gasteiger partial charge in [0, 0.05) is 64.8 Å². The second-order valence-corrected chi connectivity index (χ2v) is 12.4. The van der Waals surface area contributed by atoms with E-state index in [1.165, 1.54) is 14.2 Å². The number of carbonyl (C=O) groups excluding carboxylic acids is 2. The van der Waals surface area contributed by atoms with E-state index in [9.17, 15) is 14.7 Å². The number of hydrogen-bond donors (Lipinski definition) is 1. The van der Waals surface area contributed by atoms with E-state index in [1.807, 2.05) is 72.9 Å². The average molecular weight is 671 g/mol. The van der Waals surface area contributed by atoms with E-state index < -0.39 is 11.9 Å². The van der Waals surface area contributed by atoms with E-state index in [0.717, 1.165) is 49.8 Å². The number of esters is 2. The fraction of sp³-hybridized carbons (Fsp3) is 0.222. The Kier molecular flexibility index (Phi) is 11.7. The lowest BCUT2D eigenvalue weighted by Crippen LogP contribution is -2.11. The quantitative estimate of drug-likeness (QED) is 0.0972. The Bertz CT molecular complexity index is 1800. The summed E-state index contributed by atoms with van der Waals surface area (Å²) in [5.74, 6) is 0.605. The normalized spacial score (nSPS) is 12.1. The van der Waals surface area contributed by atoms with Crippen molar-refractivity contribution in [2.45, 2.75) is 34.1 Å². The van der Waals surface area contributed by atoms with Crippen molar-refractivity contribution in [1.29, 1.82) is 0 Å². The summed E-state index contributed by atoms with van der Waals surface area (Å²) >= 11 is 3.24. The van der Waals surface area contributed by atoms with Crippen LogP contribution in [0.25, 0.3) is 0 Å². The standard InChI is InChI=1S/C19H19NO4S.C17H15NO3S/c1-22-12-24-16-10-13-8-9-20-18(13)15(17(16)19(21)23-2)11-25-14-6-4-3-5-7-14;1-21-17(20)15-13(10-22-12-5-3-2-4-6-12)16-11(7-8-18-16)9-14(15)19/h3-7,9-10H,8,11-12H2,1-2H3;2-6,8-9,19H,7,10H2,1H3. The van der Waals surface area contributed by atoms with Crippen molar-refractivity contribution in [3.63, 3.8) is 0 Å². The molecule has 2 aliphatic rings. The number of phenols is 1. The number of methoxy groups -OCH3 is 3. The zero-order valence-corrected chi connectivity index (χ0v) is 27.9. The number of fused-ring (bicyclic) bond motifs is 2. The van der Waals surface area contributed by atoms with Crippen LogP contribution in [0.1, 0.15) is 43.0 Å². The summed E-state index contributed by atoms with van der Waals surface area (Å²) in [5, 5.41) is 10.2. The third kappa shape index (κ3) is 8.05. The Morgan fingerprint density at radius 3 is 1.72 bits per heavy atom. The van der Waals surface area contributed by atoms with Gasteiger partial charge in [0.25, 0.3) is 0 Å². The maximum absolute atomic E-state index is 12.4. The predicted octanol–water partition coefficient (Wildman–Crippen LogP) is 7.74. The van der Waals surface area contributed by atoms with Crippen molar-refractivity contribution >= 4 is 59.3 Å². The molecule has 0 atom stereocenters. The molecule has 0 aliphatic carbocycles. The van der Waals surface area contributed by atoms with Gasteiger partial charge in [-0.1, -0.05) is 36.4 Å². The first-order valence-electron chi connectivity index (χ1n) is 14.7. The first-order valence-corrected chi connectivity index (χ1v) is 16.7. The van der Waals surface area contributed by atoms with Gasteiger partial charge in [0.2, 0.25) is 0 Å². The minimum absolute atomic E-state index is 0.0419. The van der Waals surface area contributed by atoms with E-state index in [4.69, 9.17) is 18.9 Å². The topological polar surface area (TPSA) is 116 Å². The molecule has 47 heavy (non-hydrogen) atoms. The minimum atomic E-state index is -0.536. The third-order valence-corrected chi connectivity index (χ3v) is 9.41. The van der Waals surface area contributed by atoms with Crippen LogP contribution in [0, 0.1) is 0 Å². The van der Waals surface area contributed by atoms with Crippen molar-refractivity contribution in [2.24, 2.45) is 9.98 Å². The highest BCUT2D eigenvalue weighted by atomic mass is 32.2. The van der Waals surface area contributed by atoms with Gasteiger partial charge in [-0.3, -0.25) is 9.98 Å². The van der Waals surface area contributed by atoms with Crippen LogP contribution in [-0.4, -0.2) is 57.6 Å². The van der Waals surface area contributed by atoms with Crippen LogP contribution in [0.3, 0.4) is 0 Å². The zero-order valence-electron chi connectivity index (χ0n) is 26.2. The smallest absolute Gasteiger partial charge is 0.342 e. The molecule has 4 aromatic carbocycles. The van der Waals surface area contributed by atoms with Crippen molar-refractivity contribution in [3.8, 4) is 11.5 Å². The summed E-state index contributed by atoms with van der Waals surface area (Å²) < 4.78 is 20.4. The molecule has 6 rings (SSSR count). The van der Waals surface area contributed by atoms with Gasteiger partial charge in [0.15, 0.2) is 6.79 Å². The van der Waals surface area contributed by atoms with E-state index in [-0.39, 0.29) is 18.1 Å². The first-order chi connectivity index (χ1) is 22.9. The molecule has 0 saturated heterocycles. The molecule has 0 spiro atoms. The Hall–Kier alpha value is -4.58. The zero-order chi connectivity index (χ0) is 33.2. The van der Waals surface area contributed by atoms with Gasteiger partial charge in [-0.25, -0.2) is 9.59 Å². The van der Waals surface area contributed by atoms with Gasteiger partial charge in [0.05, 0.1) is 25.6 Å². The Morgan fingerprint density at radius 2 is 1.21 bits per heavy atom. The number of thioether (sulfide) groups is 2. The Morgan fingerprint density at radius 1 is 0.723 bits per heavy atom. The molecule has 1 N–H and O–H groups in total. The number of benzene rings is 4. The van der Waals surface area contributed by atoms with Crippen LogP contribution in [0.15, 0.2) is 92.6 Å². The molecule has 0 bridgehead atoms. The fourth-order valence-electron chi connectivity index (χ4n) is 5.15. The van der Waals surface area contributed by atoms with Gasteiger partial charge in [-0.15, -0.1) is 23.5 Å². The molecular formula is C36H34N2O7S2. The van der Waals surface area contributed by atoms with Gasteiger partial charge >= 0.3 is 11.9 Å². The van der Waals surface area contributed by atoms with Crippen LogP contribution in [0.2, 0.25) is 0 Å². The van der Waals surface area contributed by atoms with Crippen molar-refractivity contribution in [1.82, 2.24) is 0 Å². The number of nitrogens with zero attached hydrogens (tertiary/aromatic N) is 2. The van der Waals surface area contributed by atoms with E-state index in [2.05, 4.69) is 9.98 Å². The highest BCUT2D eigenvalue weighted by molar-refractivity contribution is 7.98. The summed E-state index contributed by atoms with van der Waals surface area (Å²) in [5.41, 5.74) is 5.79. The Labute approximate surface area is 282 Å². The molecule has 2 aliphatic heterocycles. The summed E-state index contributed by atoms with van der Waals surface area (Å²) in [6, 6.07) is 23.4. The molecule has 242 valence electrons. The fourth-order valence-corrected chi connectivity index (χ4v) is 7.04. The number of rotatable bonds is 11. The van der Waals surface area contributed by atoms with E-state index in [1.54, 1.807) is 42.9 Å². The molecule has 0 unspecified atom stereocenters. The first kappa shape index (κ1) is 33.8. The number of carbonyl (C=O) groups is 2. The number of ether oxygens (including phenoxy) is 4. The number of aliphatic imine (C=N–C) groups is 2. The molecule has 0 saturated carbocycles. The largest absolute Gasteiger partial charge is 0.507 e. The van der Waals surface area contributed by atoms with Gasteiger partial charge in [0.1, 0.15) is 22.6 Å². The summed E-state index contributed by atoms with van der Waals surface area (Å²) in [6.07, 6.45) is 5.04. The van der Waals surface area contributed by atoms with Crippen LogP contribution in [0.4, 0.5) is 11.4 Å². The van der Waals surface area contributed by atoms with Crippen LogP contribution < -0.4 is 4.74 Å². The highest BCUT2D eigenvalue weighted by Crippen LogP contribution is 2.42. The van der Waals surface area contributed by atoms with Crippen LogP contribution in [0.5, 0.6) is 11.5 Å². The molecular weight excluding hydrogens is 637 g/mol. The lowest BCUT2D eigenvalue weighted by molar-refractivity contribution is 0.0463. The van der Waals surface area contributed by atoms with Crippen molar-refractivity contribution < 1.29 is 33.6 Å². The second kappa shape index (κ2) is 16.3. The molecule has 0 amide bonds. The summed E-state index contributed by atoms with van der Waals surface area (Å²) in [4.78, 5) is 35.5. The monoisotopic (exact) mass is 670 g/mol. The lowest BCUT2D eigenvalue weighted by atomic mass is 10.0. The molecule has 4 aromatic rings. The van der Waals surface area contributed by atoms with Crippen molar-refractivity contribution in [2.75, 3.05) is 28.1 Å². The second-order valence-electron chi connectivity index (χ2n) is 10.3. The molecule has 11 heteroatoms. The number of aromatic hydroxyl groups is 1. The molecule has 0 aromatic heterocycles. The van der Waals surface area contributed by atoms with Crippen LogP contribution >= 0.6 is 23.5 Å². The van der Waals surface area contributed by atoms with E-state index >= 15 is 0 Å². The average Bonchev–Trinajstić information content (AvgIpc) is 3.78. The summed E-state index contributed by atoms with van der Waals surface area (Å²) in [6.45, 7) is 0.0644. The Balaban J connectivity index is 0.000000186. The number of phenolic OH excluding ortho intramolecular Hbond substituents is 1. The molecule has 0 fully saturated rings. The van der Waals surface area contributed by atoms with Gasteiger partial charge in [-0.05, 0) is 47.5 Å². The molecule has 0 radical (unpaired) electrons. The molecule has 2 heterocycles. The van der Waals surface area contributed by atoms with Crippen molar-refractivity contribution in [3.05, 3.63) is 106 Å². The highest BCUT2D eigenvalue weighted by Gasteiger charge is 2.27. The maximum Gasteiger partial charge on any atom is 0.342 e. The van der Waals surface area contributed by atoms with Gasteiger partial charge in [-0.2, -0.15) is 0 Å². The predicted molar refractivity (Wildman–Crippen MR) is 185 cm³/mol. The third-order valence-electron chi connectivity index (χ3n) is 7.33. The summed E-state index contributed by atoms with van der Waals surface area (Å²) in [7, 11) is 4.22. The SMILES string of the molecule is COC(=O)c1c(O)cc2c(c1CSc1ccccc1)N=CC2.COCOc1cc2c(c(CSc3ccccc3)c1C(=O)OC)N=CC2. The maximum atomic E-state index is 12.4. The minimum Gasteiger partial charge on any atom is -0.507 e. The van der Waals surface area contributed by atoms with Gasteiger partial charge < -0.3 is 24.1 Å².